The topological polar surface area (TPSA) is 65.4 Å². The quantitative estimate of drug-likeness (QED) is 0.913. The van der Waals surface area contributed by atoms with Crippen LogP contribution in [0.5, 0.6) is 0 Å². The summed E-state index contributed by atoms with van der Waals surface area (Å²) < 4.78 is 0. The molecule has 0 spiro atoms. The molecule has 0 bridgehead atoms. The molecule has 2 aliphatic rings. The summed E-state index contributed by atoms with van der Waals surface area (Å²) in [6, 6.07) is 2.14. The Kier molecular flexibility index (Phi) is 4.23. The number of aliphatic hydroxyl groups excluding tert-OH is 1. The molecule has 0 unspecified atom stereocenters. The van der Waals surface area contributed by atoms with Crippen molar-refractivity contribution in [3.05, 3.63) is 42.0 Å². The van der Waals surface area contributed by atoms with E-state index in [1.54, 1.807) is 6.20 Å². The lowest BCUT2D eigenvalue weighted by molar-refractivity contribution is 0.188. The minimum Gasteiger partial charge on any atom is -0.395 e. The highest BCUT2D eigenvalue weighted by Crippen LogP contribution is 2.25. The average Bonchev–Trinajstić information content (AvgIpc) is 3.10. The SMILES string of the molecule is OCCN1CCN(c2cncc(-c3cnc4c(c3)C=CC4)n2)CC1. The molecule has 2 aromatic rings. The van der Waals surface area contributed by atoms with E-state index in [4.69, 9.17) is 10.1 Å². The van der Waals surface area contributed by atoms with Crippen LogP contribution in [0.15, 0.2) is 30.7 Å². The Morgan fingerprint density at radius 2 is 1.96 bits per heavy atom. The molecule has 1 saturated heterocycles. The van der Waals surface area contributed by atoms with E-state index in [-0.39, 0.29) is 6.61 Å². The van der Waals surface area contributed by atoms with Gasteiger partial charge in [0, 0.05) is 50.9 Å². The molecule has 24 heavy (non-hydrogen) atoms. The average molecular weight is 323 g/mol. The Morgan fingerprint density at radius 1 is 1.08 bits per heavy atom. The van der Waals surface area contributed by atoms with Gasteiger partial charge in [0.1, 0.15) is 5.82 Å². The minimum atomic E-state index is 0.217. The van der Waals surface area contributed by atoms with Crippen molar-refractivity contribution in [2.24, 2.45) is 0 Å². The molecule has 6 heteroatoms. The van der Waals surface area contributed by atoms with Crippen molar-refractivity contribution in [3.63, 3.8) is 0 Å². The number of anilines is 1. The minimum absolute atomic E-state index is 0.217. The zero-order valence-electron chi connectivity index (χ0n) is 13.6. The van der Waals surface area contributed by atoms with Crippen LogP contribution in [0.3, 0.4) is 0 Å². The molecule has 4 rings (SSSR count). The van der Waals surface area contributed by atoms with E-state index in [0.29, 0.717) is 0 Å². The summed E-state index contributed by atoms with van der Waals surface area (Å²) in [4.78, 5) is 18.2. The van der Waals surface area contributed by atoms with Gasteiger partial charge in [0.05, 0.1) is 30.4 Å². The predicted octanol–water partition coefficient (Wildman–Crippen LogP) is 1.22. The van der Waals surface area contributed by atoms with Crippen molar-refractivity contribution < 1.29 is 5.11 Å². The van der Waals surface area contributed by atoms with Crippen molar-refractivity contribution in [3.8, 4) is 11.3 Å². The lowest BCUT2D eigenvalue weighted by Gasteiger charge is -2.34. The van der Waals surface area contributed by atoms with Gasteiger partial charge in [-0.3, -0.25) is 14.9 Å². The van der Waals surface area contributed by atoms with Gasteiger partial charge in [0.15, 0.2) is 0 Å². The van der Waals surface area contributed by atoms with E-state index < -0.39 is 0 Å². The van der Waals surface area contributed by atoms with Gasteiger partial charge in [-0.25, -0.2) is 4.98 Å². The lowest BCUT2D eigenvalue weighted by atomic mass is 10.1. The van der Waals surface area contributed by atoms with E-state index in [9.17, 15) is 0 Å². The first-order valence-electron chi connectivity index (χ1n) is 8.39. The summed E-state index contributed by atoms with van der Waals surface area (Å²) in [6.45, 7) is 4.66. The Bertz CT molecular complexity index is 753. The molecule has 1 fully saturated rings. The maximum Gasteiger partial charge on any atom is 0.147 e. The molecule has 0 atom stereocenters. The first kappa shape index (κ1) is 15.2. The van der Waals surface area contributed by atoms with Crippen LogP contribution < -0.4 is 4.90 Å². The van der Waals surface area contributed by atoms with Crippen LogP contribution in [0.1, 0.15) is 11.3 Å². The second kappa shape index (κ2) is 6.67. The fourth-order valence-corrected chi connectivity index (χ4v) is 3.25. The molecule has 124 valence electrons. The molecule has 3 heterocycles. The van der Waals surface area contributed by atoms with Crippen molar-refractivity contribution in [1.82, 2.24) is 19.9 Å². The number of fused-ring (bicyclic) bond motifs is 1. The van der Waals surface area contributed by atoms with Gasteiger partial charge < -0.3 is 10.0 Å². The molecule has 0 saturated carbocycles. The summed E-state index contributed by atoms with van der Waals surface area (Å²) in [5.74, 6) is 0.909. The fraction of sp³-hybridized carbons (Fsp3) is 0.389. The van der Waals surface area contributed by atoms with Crippen LogP contribution in [0.25, 0.3) is 17.3 Å². The number of β-amino-alcohol motifs (C(OH)–C–C–N with tert-alkyl or cyclic N) is 1. The summed E-state index contributed by atoms with van der Waals surface area (Å²) in [7, 11) is 0. The monoisotopic (exact) mass is 323 g/mol. The zero-order valence-corrected chi connectivity index (χ0v) is 13.6. The van der Waals surface area contributed by atoms with Gasteiger partial charge >= 0.3 is 0 Å². The Hall–Kier alpha value is -2.31. The number of piperazine rings is 1. The first-order chi connectivity index (χ1) is 11.8. The number of pyridine rings is 1. The van der Waals surface area contributed by atoms with Crippen LogP contribution in [-0.2, 0) is 6.42 Å². The maximum atomic E-state index is 9.04. The van der Waals surface area contributed by atoms with Gasteiger partial charge in [-0.2, -0.15) is 0 Å². The second-order valence-electron chi connectivity index (χ2n) is 6.18. The van der Waals surface area contributed by atoms with Crippen molar-refractivity contribution in [2.45, 2.75) is 6.42 Å². The first-order valence-corrected chi connectivity index (χ1v) is 8.39. The van der Waals surface area contributed by atoms with Gasteiger partial charge in [0.25, 0.3) is 0 Å². The molecule has 0 radical (unpaired) electrons. The van der Waals surface area contributed by atoms with Crippen molar-refractivity contribution in [2.75, 3.05) is 44.2 Å². The summed E-state index contributed by atoms with van der Waals surface area (Å²) in [5, 5.41) is 9.04. The second-order valence-corrected chi connectivity index (χ2v) is 6.18. The maximum absolute atomic E-state index is 9.04. The van der Waals surface area contributed by atoms with Crippen LogP contribution in [0.2, 0.25) is 0 Å². The van der Waals surface area contributed by atoms with Crippen molar-refractivity contribution in [1.29, 1.82) is 0 Å². The molecule has 0 amide bonds. The molecule has 1 N–H and O–H groups in total. The van der Waals surface area contributed by atoms with Crippen molar-refractivity contribution >= 4 is 11.9 Å². The van der Waals surface area contributed by atoms with Crippen LogP contribution in [-0.4, -0.2) is 64.3 Å². The summed E-state index contributed by atoms with van der Waals surface area (Å²) in [6.07, 6.45) is 10.7. The highest BCUT2D eigenvalue weighted by atomic mass is 16.3. The molecular weight excluding hydrogens is 302 g/mol. The molecule has 2 aromatic heterocycles. The van der Waals surface area contributed by atoms with Gasteiger partial charge in [-0.15, -0.1) is 0 Å². The van der Waals surface area contributed by atoms with E-state index >= 15 is 0 Å². The van der Waals surface area contributed by atoms with Gasteiger partial charge in [-0.05, 0) is 11.6 Å². The van der Waals surface area contributed by atoms with E-state index in [1.165, 1.54) is 5.56 Å². The molecule has 0 aromatic carbocycles. The Morgan fingerprint density at radius 3 is 2.79 bits per heavy atom. The summed E-state index contributed by atoms with van der Waals surface area (Å²) >= 11 is 0. The zero-order chi connectivity index (χ0) is 16.4. The summed E-state index contributed by atoms with van der Waals surface area (Å²) in [5.41, 5.74) is 4.18. The lowest BCUT2D eigenvalue weighted by Crippen LogP contribution is -2.47. The highest BCUT2D eigenvalue weighted by Gasteiger charge is 2.18. The standard InChI is InChI=1S/C18H21N5O/c24-9-8-22-4-6-23(7-5-22)18-13-19-12-17(21-18)15-10-14-2-1-3-16(14)20-11-15/h1-2,10-13,24H,3-9H2. The molecule has 1 aliphatic heterocycles. The third-order valence-corrected chi connectivity index (χ3v) is 4.64. The number of allylic oxidation sites excluding steroid dienone is 1. The molecule has 1 aliphatic carbocycles. The Labute approximate surface area is 141 Å². The third kappa shape index (κ3) is 3.02. The number of hydrogen-bond acceptors (Lipinski definition) is 6. The van der Waals surface area contributed by atoms with E-state index in [2.05, 4.69) is 38.0 Å². The van der Waals surface area contributed by atoms with Crippen LogP contribution >= 0.6 is 0 Å². The van der Waals surface area contributed by atoms with Gasteiger partial charge in [0.2, 0.25) is 0 Å². The third-order valence-electron chi connectivity index (χ3n) is 4.64. The number of aliphatic hydroxyl groups is 1. The van der Waals surface area contributed by atoms with Gasteiger partial charge in [-0.1, -0.05) is 12.2 Å². The number of aromatic nitrogens is 3. The molecular formula is C18H21N5O. The number of rotatable bonds is 4. The van der Waals surface area contributed by atoms with Crippen LogP contribution in [0, 0.1) is 0 Å². The molecule has 6 nitrogen and oxygen atoms in total. The number of nitrogens with zero attached hydrogens (tertiary/aromatic N) is 5. The normalized spacial score (nSPS) is 17.3. The van der Waals surface area contributed by atoms with E-state index in [1.807, 2.05) is 12.4 Å². The highest BCUT2D eigenvalue weighted by molar-refractivity contribution is 5.67. The predicted molar refractivity (Wildman–Crippen MR) is 93.7 cm³/mol. The number of hydrogen-bond donors (Lipinski definition) is 1. The van der Waals surface area contributed by atoms with E-state index in [0.717, 1.165) is 61.9 Å². The Balaban J connectivity index is 1.53. The van der Waals surface area contributed by atoms with Crippen LogP contribution in [0.4, 0.5) is 5.82 Å². The smallest absolute Gasteiger partial charge is 0.147 e. The largest absolute Gasteiger partial charge is 0.395 e. The fourth-order valence-electron chi connectivity index (χ4n) is 3.25.